The van der Waals surface area contributed by atoms with Crippen molar-refractivity contribution in [1.29, 1.82) is 0 Å². The van der Waals surface area contributed by atoms with E-state index < -0.39 is 45.1 Å². The number of hydrogen-bond acceptors (Lipinski definition) is 7. The predicted molar refractivity (Wildman–Crippen MR) is 46.9 cm³/mol. The van der Waals surface area contributed by atoms with Gasteiger partial charge in [0.05, 0.1) is 6.61 Å². The molecule has 1 rings (SSSR count). The molecule has 6 N–H and O–H groups in total. The van der Waals surface area contributed by atoms with Gasteiger partial charge in [-0.3, -0.25) is 4.52 Å². The highest BCUT2D eigenvalue weighted by molar-refractivity contribution is 7.46. The van der Waals surface area contributed by atoms with Crippen molar-refractivity contribution >= 4 is 7.82 Å². The molecule has 0 spiro atoms. The molecule has 0 bridgehead atoms. The van der Waals surface area contributed by atoms with Gasteiger partial charge in [0.25, 0.3) is 0 Å². The van der Waals surface area contributed by atoms with E-state index in [4.69, 9.17) is 20.0 Å². The van der Waals surface area contributed by atoms with Gasteiger partial charge in [-0.25, -0.2) is 4.57 Å². The first-order valence-electron chi connectivity index (χ1n) is 4.30. The summed E-state index contributed by atoms with van der Waals surface area (Å²) in [5.41, 5.74) is 0. The predicted octanol–water partition coefficient (Wildman–Crippen LogP) is -3.10. The van der Waals surface area contributed by atoms with E-state index in [1.165, 1.54) is 0 Å². The average Bonchev–Trinajstić information content (AvgIpc) is 2.17. The van der Waals surface area contributed by atoms with Crippen LogP contribution >= 0.6 is 7.82 Å². The second-order valence-electron chi connectivity index (χ2n) is 3.32. The van der Waals surface area contributed by atoms with Crippen LogP contribution in [-0.2, 0) is 13.8 Å². The molecule has 10 heteroatoms. The third-order valence-electron chi connectivity index (χ3n) is 2.09. The Morgan fingerprint density at radius 1 is 1.06 bits per heavy atom. The minimum absolute atomic E-state index is 0.730. The van der Waals surface area contributed by atoms with Gasteiger partial charge < -0.3 is 34.9 Å². The Balaban J connectivity index is 2.57. The molecule has 0 aliphatic carbocycles. The standard InChI is InChI=1S/C6H13O9P/c7-3-2(1-14-16(11,12)13)15-6(10)5(9)4(3)8/h2-10H,1H2,(H2,11,12,13)/t2-,3+,4-,5+,6?/m1/s1. The van der Waals surface area contributed by atoms with E-state index in [1.54, 1.807) is 0 Å². The molecule has 16 heavy (non-hydrogen) atoms. The number of rotatable bonds is 3. The molecule has 0 aromatic carbocycles. The van der Waals surface area contributed by atoms with Crippen LogP contribution in [0, 0.1) is 0 Å². The van der Waals surface area contributed by atoms with Crippen LogP contribution in [-0.4, -0.2) is 67.5 Å². The molecule has 0 saturated carbocycles. The van der Waals surface area contributed by atoms with Crippen LogP contribution in [0.3, 0.4) is 0 Å². The fourth-order valence-corrected chi connectivity index (χ4v) is 1.58. The summed E-state index contributed by atoms with van der Waals surface area (Å²) in [5.74, 6) is 0. The molecular weight excluding hydrogens is 247 g/mol. The molecule has 0 radical (unpaired) electrons. The lowest BCUT2D eigenvalue weighted by molar-refractivity contribution is -0.285. The van der Waals surface area contributed by atoms with Gasteiger partial charge in [-0.05, 0) is 0 Å². The van der Waals surface area contributed by atoms with E-state index in [9.17, 15) is 14.8 Å². The third kappa shape index (κ3) is 3.45. The van der Waals surface area contributed by atoms with Crippen molar-refractivity contribution in [3.63, 3.8) is 0 Å². The molecular formula is C6H13O9P. The van der Waals surface area contributed by atoms with E-state index in [0.29, 0.717) is 0 Å². The molecule has 1 saturated heterocycles. The van der Waals surface area contributed by atoms with E-state index >= 15 is 0 Å². The van der Waals surface area contributed by atoms with Gasteiger partial charge in [0.2, 0.25) is 0 Å². The Kier molecular flexibility index (Phi) is 4.41. The fourth-order valence-electron chi connectivity index (χ4n) is 1.24. The van der Waals surface area contributed by atoms with Crippen molar-refractivity contribution in [3.8, 4) is 0 Å². The van der Waals surface area contributed by atoms with Crippen LogP contribution in [0.2, 0.25) is 0 Å². The van der Waals surface area contributed by atoms with E-state index in [0.717, 1.165) is 0 Å². The van der Waals surface area contributed by atoms with Crippen LogP contribution in [0.5, 0.6) is 0 Å². The second kappa shape index (κ2) is 5.05. The molecule has 1 aliphatic heterocycles. The van der Waals surface area contributed by atoms with Crippen molar-refractivity contribution in [2.24, 2.45) is 0 Å². The molecule has 1 fully saturated rings. The van der Waals surface area contributed by atoms with E-state index in [1.807, 2.05) is 0 Å². The van der Waals surface area contributed by atoms with Gasteiger partial charge in [0, 0.05) is 0 Å². The minimum atomic E-state index is -4.73. The number of aliphatic hydroxyl groups is 4. The quantitative estimate of drug-likeness (QED) is 0.289. The zero-order valence-corrected chi connectivity index (χ0v) is 8.84. The monoisotopic (exact) mass is 260 g/mol. The molecule has 96 valence electrons. The number of phosphoric acid groups is 1. The average molecular weight is 260 g/mol. The molecule has 1 aliphatic rings. The SMILES string of the molecule is O=P(O)(O)OC[C@H]1OC(O)[C@@H](O)[C@H](O)[C@H]1O. The smallest absolute Gasteiger partial charge is 0.387 e. The number of phosphoric ester groups is 1. The topological polar surface area (TPSA) is 157 Å². The van der Waals surface area contributed by atoms with Crippen molar-refractivity contribution in [1.82, 2.24) is 0 Å². The van der Waals surface area contributed by atoms with Gasteiger partial charge in [-0.2, -0.15) is 0 Å². The molecule has 1 heterocycles. The lowest BCUT2D eigenvalue weighted by Crippen LogP contribution is -2.58. The molecule has 5 atom stereocenters. The maximum Gasteiger partial charge on any atom is 0.469 e. The summed E-state index contributed by atoms with van der Waals surface area (Å²) in [6, 6.07) is 0. The van der Waals surface area contributed by atoms with E-state index in [2.05, 4.69) is 9.26 Å². The van der Waals surface area contributed by atoms with Crippen molar-refractivity contribution in [3.05, 3.63) is 0 Å². The zero-order valence-electron chi connectivity index (χ0n) is 7.95. The van der Waals surface area contributed by atoms with Gasteiger partial charge in [-0.1, -0.05) is 0 Å². The fraction of sp³-hybridized carbons (Fsp3) is 1.00. The van der Waals surface area contributed by atoms with Crippen LogP contribution in [0.25, 0.3) is 0 Å². The van der Waals surface area contributed by atoms with Crippen molar-refractivity contribution in [2.75, 3.05) is 6.61 Å². The Hall–Kier alpha value is -0.0900. The Morgan fingerprint density at radius 2 is 1.62 bits per heavy atom. The highest BCUT2D eigenvalue weighted by atomic mass is 31.2. The normalized spacial score (nSPS) is 41.0. The maximum atomic E-state index is 10.4. The molecule has 0 aromatic heterocycles. The summed E-state index contributed by atoms with van der Waals surface area (Å²) in [4.78, 5) is 16.8. The largest absolute Gasteiger partial charge is 0.469 e. The number of aliphatic hydroxyl groups excluding tert-OH is 4. The Morgan fingerprint density at radius 3 is 2.12 bits per heavy atom. The van der Waals surface area contributed by atoms with Crippen LogP contribution in [0.4, 0.5) is 0 Å². The third-order valence-corrected chi connectivity index (χ3v) is 2.58. The molecule has 1 unspecified atom stereocenters. The van der Waals surface area contributed by atoms with Gasteiger partial charge in [0.1, 0.15) is 24.4 Å². The highest BCUT2D eigenvalue weighted by Gasteiger charge is 2.43. The lowest BCUT2D eigenvalue weighted by Gasteiger charge is -2.38. The molecule has 9 nitrogen and oxygen atoms in total. The van der Waals surface area contributed by atoms with Gasteiger partial charge in [0.15, 0.2) is 6.29 Å². The summed E-state index contributed by atoms with van der Waals surface area (Å²) < 4.78 is 19.0. The van der Waals surface area contributed by atoms with Crippen molar-refractivity contribution < 1.29 is 44.0 Å². The lowest BCUT2D eigenvalue weighted by atomic mass is 10.00. The molecule has 0 aromatic rings. The zero-order chi connectivity index (χ0) is 12.5. The maximum absolute atomic E-state index is 10.4. The summed E-state index contributed by atoms with van der Waals surface area (Å²) in [6.07, 6.45) is -8.11. The first-order valence-corrected chi connectivity index (χ1v) is 5.83. The number of ether oxygens (including phenoxy) is 1. The van der Waals surface area contributed by atoms with Crippen molar-refractivity contribution in [2.45, 2.75) is 30.7 Å². The Labute approximate surface area is 90.1 Å². The molecule has 0 amide bonds. The van der Waals surface area contributed by atoms with Crippen LogP contribution < -0.4 is 0 Å². The summed E-state index contributed by atoms with van der Waals surface area (Å²) >= 11 is 0. The second-order valence-corrected chi connectivity index (χ2v) is 4.56. The first kappa shape index (κ1) is 14.0. The minimum Gasteiger partial charge on any atom is -0.387 e. The van der Waals surface area contributed by atoms with Gasteiger partial charge in [-0.15, -0.1) is 0 Å². The van der Waals surface area contributed by atoms with Gasteiger partial charge >= 0.3 is 7.82 Å². The van der Waals surface area contributed by atoms with Crippen LogP contribution in [0.15, 0.2) is 0 Å². The Bertz CT molecular complexity index is 277. The summed E-state index contributed by atoms with van der Waals surface area (Å²) in [5, 5.41) is 36.7. The van der Waals surface area contributed by atoms with E-state index in [-0.39, 0.29) is 0 Å². The first-order chi connectivity index (χ1) is 7.22. The van der Waals surface area contributed by atoms with Crippen LogP contribution in [0.1, 0.15) is 0 Å². The summed E-state index contributed by atoms with van der Waals surface area (Å²) in [6.45, 7) is -0.730. The summed E-state index contributed by atoms with van der Waals surface area (Å²) in [7, 11) is -4.73. The highest BCUT2D eigenvalue weighted by Crippen LogP contribution is 2.36. The number of hydrogen-bond donors (Lipinski definition) is 6.